The largest absolute Gasteiger partial charge is 0.465 e. The van der Waals surface area contributed by atoms with Crippen molar-refractivity contribution in [3.63, 3.8) is 0 Å². The molecule has 1 aromatic heterocycles. The molecule has 116 valence electrons. The van der Waals surface area contributed by atoms with Crippen molar-refractivity contribution in [1.29, 1.82) is 0 Å². The lowest BCUT2D eigenvalue weighted by molar-refractivity contribution is -0.114. The summed E-state index contributed by atoms with van der Waals surface area (Å²) in [4.78, 5) is 34.8. The topological polar surface area (TPSA) is 88.3 Å². The summed E-state index contributed by atoms with van der Waals surface area (Å²) >= 11 is 2.10. The van der Waals surface area contributed by atoms with Crippen molar-refractivity contribution in [1.82, 2.24) is 4.98 Å². The Hall–Kier alpha value is -2.16. The molecule has 0 fully saturated rings. The van der Waals surface area contributed by atoms with E-state index in [9.17, 15) is 14.4 Å². The Morgan fingerprint density at radius 1 is 1.18 bits per heavy atom. The maximum Gasteiger partial charge on any atom is 0.338 e. The Labute approximate surface area is 141 Å². The number of anilines is 1. The highest BCUT2D eigenvalue weighted by molar-refractivity contribution is 14.1. The first kappa shape index (κ1) is 17.9. The van der Waals surface area contributed by atoms with Crippen LogP contribution in [0.5, 0.6) is 0 Å². The van der Waals surface area contributed by atoms with Crippen LogP contribution in [0.2, 0.25) is 0 Å². The van der Waals surface area contributed by atoms with Crippen LogP contribution < -0.4 is 10.9 Å². The number of H-pyrrole nitrogens is 1. The Bertz CT molecular complexity index is 712. The fourth-order valence-electron chi connectivity index (χ4n) is 1.45. The molecule has 1 aromatic carbocycles. The van der Waals surface area contributed by atoms with Crippen molar-refractivity contribution in [2.45, 2.75) is 6.92 Å². The highest BCUT2D eigenvalue weighted by Gasteiger charge is 2.07. The van der Waals surface area contributed by atoms with Gasteiger partial charge in [0.15, 0.2) is 0 Å². The minimum absolute atomic E-state index is 0.248. The third-order valence-corrected chi connectivity index (χ3v) is 3.35. The SMILES string of the molecule is CC(=O)Nc1ccc[nH]c1=O.COC(=O)c1ccccc1I. The lowest BCUT2D eigenvalue weighted by Crippen LogP contribution is -2.16. The maximum absolute atomic E-state index is 11.0. The second kappa shape index (κ2) is 8.98. The summed E-state index contributed by atoms with van der Waals surface area (Å²) in [6.07, 6.45) is 1.51. The number of hydrogen-bond donors (Lipinski definition) is 2. The molecule has 0 saturated carbocycles. The average Bonchev–Trinajstić information content (AvgIpc) is 2.49. The van der Waals surface area contributed by atoms with Gasteiger partial charge >= 0.3 is 5.97 Å². The molecule has 0 atom stereocenters. The number of esters is 1. The van der Waals surface area contributed by atoms with Crippen LogP contribution in [0.3, 0.4) is 0 Å². The molecule has 0 aliphatic rings. The molecule has 0 saturated heterocycles. The molecule has 1 heterocycles. The third kappa shape index (κ3) is 5.68. The molecule has 7 heteroatoms. The number of halogens is 1. The maximum atomic E-state index is 11.0. The lowest BCUT2D eigenvalue weighted by atomic mass is 10.2. The van der Waals surface area contributed by atoms with E-state index in [1.807, 2.05) is 18.2 Å². The molecule has 0 unspecified atom stereocenters. The Balaban J connectivity index is 0.000000220. The van der Waals surface area contributed by atoms with Crippen molar-refractivity contribution >= 4 is 40.2 Å². The second-order valence-corrected chi connectivity index (χ2v) is 5.23. The number of rotatable bonds is 2. The van der Waals surface area contributed by atoms with Gasteiger partial charge in [-0.2, -0.15) is 0 Å². The van der Waals surface area contributed by atoms with E-state index in [4.69, 9.17) is 0 Å². The highest BCUT2D eigenvalue weighted by atomic mass is 127. The first-order chi connectivity index (χ1) is 10.5. The molecule has 0 bridgehead atoms. The van der Waals surface area contributed by atoms with Crippen LogP contribution in [-0.2, 0) is 9.53 Å². The Kier molecular flexibility index (Phi) is 7.30. The summed E-state index contributed by atoms with van der Waals surface area (Å²) in [6.45, 7) is 1.35. The predicted octanol–water partition coefficient (Wildman–Crippen LogP) is 2.41. The van der Waals surface area contributed by atoms with Gasteiger partial charge in [0.1, 0.15) is 5.69 Å². The van der Waals surface area contributed by atoms with Crippen LogP contribution in [0, 0.1) is 3.57 Å². The summed E-state index contributed by atoms with van der Waals surface area (Å²) in [5.41, 5.74) is 0.610. The quantitative estimate of drug-likeness (QED) is 0.584. The van der Waals surface area contributed by atoms with E-state index in [1.54, 1.807) is 18.2 Å². The number of pyridine rings is 1. The molecule has 2 rings (SSSR count). The number of aromatic nitrogens is 1. The molecular weight excluding hydrogens is 399 g/mol. The highest BCUT2D eigenvalue weighted by Crippen LogP contribution is 2.11. The van der Waals surface area contributed by atoms with Gasteiger partial charge in [-0.3, -0.25) is 9.59 Å². The minimum atomic E-state index is -0.289. The van der Waals surface area contributed by atoms with Crippen molar-refractivity contribution in [3.05, 3.63) is 62.1 Å². The van der Waals surface area contributed by atoms with Gasteiger partial charge in [0.05, 0.1) is 12.7 Å². The minimum Gasteiger partial charge on any atom is -0.465 e. The van der Waals surface area contributed by atoms with E-state index in [0.29, 0.717) is 5.56 Å². The third-order valence-electron chi connectivity index (χ3n) is 2.41. The summed E-state index contributed by atoms with van der Waals surface area (Å²) in [7, 11) is 1.38. The van der Waals surface area contributed by atoms with Crippen molar-refractivity contribution in [2.24, 2.45) is 0 Å². The zero-order valence-corrected chi connectivity index (χ0v) is 14.2. The number of hydrogen-bond acceptors (Lipinski definition) is 4. The predicted molar refractivity (Wildman–Crippen MR) is 91.9 cm³/mol. The smallest absolute Gasteiger partial charge is 0.338 e. The van der Waals surface area contributed by atoms with Crippen molar-refractivity contribution < 1.29 is 14.3 Å². The number of benzene rings is 1. The van der Waals surface area contributed by atoms with Crippen LogP contribution in [0.15, 0.2) is 47.4 Å². The fourth-order valence-corrected chi connectivity index (χ4v) is 2.05. The molecule has 1 amide bonds. The molecule has 2 N–H and O–H groups in total. The summed E-state index contributed by atoms with van der Waals surface area (Å²) in [6, 6.07) is 10.5. The number of amides is 1. The van der Waals surface area contributed by atoms with Crippen LogP contribution >= 0.6 is 22.6 Å². The molecule has 0 radical (unpaired) electrons. The zero-order valence-electron chi connectivity index (χ0n) is 12.1. The monoisotopic (exact) mass is 414 g/mol. The summed E-state index contributed by atoms with van der Waals surface area (Å²) in [5, 5.41) is 2.39. The van der Waals surface area contributed by atoms with Gasteiger partial charge in [0.25, 0.3) is 5.56 Å². The van der Waals surface area contributed by atoms with E-state index < -0.39 is 0 Å². The van der Waals surface area contributed by atoms with Crippen molar-refractivity contribution in [2.75, 3.05) is 12.4 Å². The van der Waals surface area contributed by atoms with Gasteiger partial charge < -0.3 is 15.0 Å². The van der Waals surface area contributed by atoms with Gasteiger partial charge in [0.2, 0.25) is 5.91 Å². The van der Waals surface area contributed by atoms with E-state index in [1.165, 1.54) is 20.2 Å². The molecule has 0 spiro atoms. The number of nitrogens with one attached hydrogen (secondary N) is 2. The Morgan fingerprint density at radius 3 is 2.41 bits per heavy atom. The number of carbonyl (C=O) groups is 2. The number of aromatic amines is 1. The Morgan fingerprint density at radius 2 is 1.86 bits per heavy atom. The van der Waals surface area contributed by atoms with Crippen molar-refractivity contribution in [3.8, 4) is 0 Å². The van der Waals surface area contributed by atoms with Gasteiger partial charge in [-0.1, -0.05) is 12.1 Å². The standard InChI is InChI=1S/C8H7IO2.C7H8N2O2/c1-11-8(10)6-4-2-3-5-7(6)9;1-5(10)9-6-3-2-4-8-7(6)11/h2-5H,1H3;2-4H,1H3,(H,8,11)(H,9,10). The normalized spacial score (nSPS) is 9.23. The number of ether oxygens (including phenoxy) is 1. The van der Waals surface area contributed by atoms with Gasteiger partial charge in [-0.05, 0) is 46.9 Å². The summed E-state index contributed by atoms with van der Waals surface area (Å²) < 4.78 is 5.49. The van der Waals surface area contributed by atoms with E-state index >= 15 is 0 Å². The second-order valence-electron chi connectivity index (χ2n) is 4.07. The molecule has 6 nitrogen and oxygen atoms in total. The van der Waals surface area contributed by atoms with E-state index in [0.717, 1.165) is 3.57 Å². The first-order valence-corrected chi connectivity index (χ1v) is 7.31. The fraction of sp³-hybridized carbons (Fsp3) is 0.133. The summed E-state index contributed by atoms with van der Waals surface area (Å²) in [5.74, 6) is -0.531. The molecular formula is C15H15IN2O4. The van der Waals surface area contributed by atoms with Crippen LogP contribution in [0.4, 0.5) is 5.69 Å². The molecule has 22 heavy (non-hydrogen) atoms. The van der Waals surface area contributed by atoms with Crippen LogP contribution in [-0.4, -0.2) is 24.0 Å². The molecule has 0 aliphatic heterocycles. The van der Waals surface area contributed by atoms with Gasteiger partial charge in [-0.25, -0.2) is 4.79 Å². The van der Waals surface area contributed by atoms with E-state index in [-0.39, 0.29) is 23.1 Å². The molecule has 0 aliphatic carbocycles. The number of carbonyl (C=O) groups excluding carboxylic acids is 2. The molecule has 2 aromatic rings. The lowest BCUT2D eigenvalue weighted by Gasteiger charge is -1.99. The number of methoxy groups -OCH3 is 1. The van der Waals surface area contributed by atoms with Gasteiger partial charge in [-0.15, -0.1) is 0 Å². The van der Waals surface area contributed by atoms with Crippen LogP contribution in [0.1, 0.15) is 17.3 Å². The zero-order chi connectivity index (χ0) is 16.5. The first-order valence-electron chi connectivity index (χ1n) is 6.24. The van der Waals surface area contributed by atoms with Crippen LogP contribution in [0.25, 0.3) is 0 Å². The van der Waals surface area contributed by atoms with E-state index in [2.05, 4.69) is 37.6 Å². The van der Waals surface area contributed by atoms with Gasteiger partial charge in [0, 0.05) is 16.7 Å². The average molecular weight is 414 g/mol.